The van der Waals surface area contributed by atoms with Crippen LogP contribution in [0.15, 0.2) is 18.2 Å². The molecule has 14 heavy (non-hydrogen) atoms. The lowest BCUT2D eigenvalue weighted by atomic mass is 10.0. The summed E-state index contributed by atoms with van der Waals surface area (Å²) in [4.78, 5) is 11.5. The highest BCUT2D eigenvalue weighted by atomic mass is 35.5. The summed E-state index contributed by atoms with van der Waals surface area (Å²) in [7, 11) is 0. The molecule has 0 heterocycles. The molecule has 2 nitrogen and oxygen atoms in total. The Morgan fingerprint density at radius 3 is 2.86 bits per heavy atom. The van der Waals surface area contributed by atoms with Crippen molar-refractivity contribution in [1.82, 2.24) is 0 Å². The minimum Gasteiger partial charge on any atom is -0.294 e. The van der Waals surface area contributed by atoms with E-state index < -0.39 is 0 Å². The Balaban J connectivity index is 3.09. The first-order valence-corrected chi connectivity index (χ1v) is 4.82. The number of alkyl halides is 1. The van der Waals surface area contributed by atoms with E-state index in [0.29, 0.717) is 11.1 Å². The third kappa shape index (κ3) is 2.34. The van der Waals surface area contributed by atoms with Gasteiger partial charge in [-0.1, -0.05) is 6.07 Å². The zero-order valence-corrected chi connectivity index (χ0v) is 8.64. The number of halogens is 1. The second-order valence-corrected chi connectivity index (χ2v) is 3.40. The van der Waals surface area contributed by atoms with Crippen LogP contribution in [0.5, 0.6) is 0 Å². The lowest BCUT2D eigenvalue weighted by Crippen LogP contribution is -2.02. The van der Waals surface area contributed by atoms with Gasteiger partial charge in [-0.05, 0) is 24.6 Å². The summed E-state index contributed by atoms with van der Waals surface area (Å²) in [6.45, 7) is 1.89. The Morgan fingerprint density at radius 1 is 1.57 bits per heavy atom. The lowest BCUT2D eigenvalue weighted by molar-refractivity contribution is 0.0989. The van der Waals surface area contributed by atoms with E-state index in [2.05, 4.69) is 0 Å². The largest absolute Gasteiger partial charge is 0.294 e. The number of Topliss-reactive ketones (excluding diaryl/α,β-unsaturated/α-hetero) is 1. The molecule has 0 aliphatic rings. The highest BCUT2D eigenvalue weighted by Crippen LogP contribution is 2.13. The van der Waals surface area contributed by atoms with E-state index in [1.807, 2.05) is 19.1 Å². The SMILES string of the molecule is Cc1ccc(C(=O)CCCl)c(C#N)c1. The number of nitriles is 1. The fraction of sp³-hybridized carbons (Fsp3) is 0.273. The van der Waals surface area contributed by atoms with Crippen molar-refractivity contribution in [1.29, 1.82) is 5.26 Å². The van der Waals surface area contributed by atoms with Crippen LogP contribution < -0.4 is 0 Å². The summed E-state index contributed by atoms with van der Waals surface area (Å²) < 4.78 is 0. The Morgan fingerprint density at radius 2 is 2.29 bits per heavy atom. The van der Waals surface area contributed by atoms with Crippen LogP contribution in [0.25, 0.3) is 0 Å². The van der Waals surface area contributed by atoms with Gasteiger partial charge in [-0.3, -0.25) is 4.79 Å². The molecule has 0 radical (unpaired) electrons. The molecule has 1 rings (SSSR count). The first-order valence-electron chi connectivity index (χ1n) is 4.29. The smallest absolute Gasteiger partial charge is 0.165 e. The Bertz CT molecular complexity index is 393. The van der Waals surface area contributed by atoms with Gasteiger partial charge in [-0.25, -0.2) is 0 Å². The second-order valence-electron chi connectivity index (χ2n) is 3.02. The first-order chi connectivity index (χ1) is 6.69. The normalized spacial score (nSPS) is 9.50. The van der Waals surface area contributed by atoms with E-state index >= 15 is 0 Å². The van der Waals surface area contributed by atoms with Crippen molar-refractivity contribution < 1.29 is 4.79 Å². The molecule has 3 heteroatoms. The monoisotopic (exact) mass is 207 g/mol. The quantitative estimate of drug-likeness (QED) is 0.565. The molecule has 0 unspecified atom stereocenters. The van der Waals surface area contributed by atoms with E-state index in [1.54, 1.807) is 12.1 Å². The Kier molecular flexibility index (Phi) is 3.67. The minimum absolute atomic E-state index is 0.0726. The molecule has 0 bridgehead atoms. The van der Waals surface area contributed by atoms with E-state index in [1.165, 1.54) is 0 Å². The van der Waals surface area contributed by atoms with Crippen molar-refractivity contribution in [2.75, 3.05) is 5.88 Å². The molecule has 0 saturated heterocycles. The summed E-state index contributed by atoms with van der Waals surface area (Å²) >= 11 is 5.47. The van der Waals surface area contributed by atoms with Crippen LogP contribution in [-0.4, -0.2) is 11.7 Å². The number of ketones is 1. The third-order valence-electron chi connectivity index (χ3n) is 1.92. The number of aryl methyl sites for hydroxylation is 1. The molecule has 0 fully saturated rings. The maximum Gasteiger partial charge on any atom is 0.165 e. The van der Waals surface area contributed by atoms with Crippen molar-refractivity contribution in [3.63, 3.8) is 0 Å². The molecule has 0 aliphatic heterocycles. The van der Waals surface area contributed by atoms with Crippen molar-refractivity contribution in [3.05, 3.63) is 34.9 Å². The number of carbonyl (C=O) groups excluding carboxylic acids is 1. The zero-order chi connectivity index (χ0) is 10.6. The van der Waals surface area contributed by atoms with Crippen molar-refractivity contribution in [3.8, 4) is 6.07 Å². The second kappa shape index (κ2) is 4.78. The van der Waals surface area contributed by atoms with Gasteiger partial charge in [0.2, 0.25) is 0 Å². The van der Waals surface area contributed by atoms with Gasteiger partial charge in [0.1, 0.15) is 0 Å². The van der Waals surface area contributed by atoms with Gasteiger partial charge in [0.15, 0.2) is 5.78 Å². The summed E-state index contributed by atoms with van der Waals surface area (Å²) in [5.74, 6) is 0.217. The molecule has 0 saturated carbocycles. The van der Waals surface area contributed by atoms with Gasteiger partial charge in [0, 0.05) is 17.9 Å². The molecule has 1 aromatic rings. The average molecular weight is 208 g/mol. The molecule has 0 aromatic heterocycles. The van der Waals surface area contributed by atoms with Crippen molar-refractivity contribution >= 4 is 17.4 Å². The van der Waals surface area contributed by atoms with Crippen LogP contribution in [0.3, 0.4) is 0 Å². The van der Waals surface area contributed by atoms with E-state index in [9.17, 15) is 4.79 Å². The van der Waals surface area contributed by atoms with Crippen molar-refractivity contribution in [2.45, 2.75) is 13.3 Å². The fourth-order valence-electron chi connectivity index (χ4n) is 1.21. The van der Waals surface area contributed by atoms with Crippen LogP contribution in [0, 0.1) is 18.3 Å². The molecule has 0 aliphatic carbocycles. The standard InChI is InChI=1S/C11H10ClNO/c1-8-2-3-10(9(6-8)7-13)11(14)4-5-12/h2-3,6H,4-5H2,1H3. The van der Waals surface area contributed by atoms with Crippen LogP contribution in [-0.2, 0) is 0 Å². The maximum atomic E-state index is 11.5. The molecule has 0 N–H and O–H groups in total. The van der Waals surface area contributed by atoms with Crippen molar-refractivity contribution in [2.24, 2.45) is 0 Å². The molecular formula is C11H10ClNO. The predicted molar refractivity (Wildman–Crippen MR) is 55.6 cm³/mol. The first kappa shape index (κ1) is 10.7. The van der Waals surface area contributed by atoms with Gasteiger partial charge >= 0.3 is 0 Å². The third-order valence-corrected chi connectivity index (χ3v) is 2.11. The van der Waals surface area contributed by atoms with Gasteiger partial charge in [-0.15, -0.1) is 11.6 Å². The summed E-state index contributed by atoms with van der Waals surface area (Å²) in [5.41, 5.74) is 1.88. The molecule has 1 aromatic carbocycles. The number of benzene rings is 1. The van der Waals surface area contributed by atoms with Gasteiger partial charge in [0.25, 0.3) is 0 Å². The Hall–Kier alpha value is -1.33. The number of hydrogen-bond donors (Lipinski definition) is 0. The van der Waals surface area contributed by atoms with Gasteiger partial charge in [-0.2, -0.15) is 5.26 Å². The van der Waals surface area contributed by atoms with Gasteiger partial charge in [0.05, 0.1) is 11.6 Å². The van der Waals surface area contributed by atoms with E-state index in [-0.39, 0.29) is 18.1 Å². The van der Waals surface area contributed by atoms with Gasteiger partial charge < -0.3 is 0 Å². The highest BCUT2D eigenvalue weighted by Gasteiger charge is 2.10. The lowest BCUT2D eigenvalue weighted by Gasteiger charge is -2.02. The number of rotatable bonds is 3. The fourth-order valence-corrected chi connectivity index (χ4v) is 1.39. The van der Waals surface area contributed by atoms with E-state index in [4.69, 9.17) is 16.9 Å². The molecule has 72 valence electrons. The topological polar surface area (TPSA) is 40.9 Å². The molecule has 0 atom stereocenters. The number of nitrogens with zero attached hydrogens (tertiary/aromatic N) is 1. The summed E-state index contributed by atoms with van der Waals surface area (Å²) in [6, 6.07) is 7.23. The van der Waals surface area contributed by atoms with Crippen LogP contribution in [0.1, 0.15) is 27.9 Å². The average Bonchev–Trinajstić information content (AvgIpc) is 2.17. The number of carbonyl (C=O) groups is 1. The van der Waals surface area contributed by atoms with E-state index in [0.717, 1.165) is 5.56 Å². The number of hydrogen-bond acceptors (Lipinski definition) is 2. The minimum atomic E-state index is -0.0726. The van der Waals surface area contributed by atoms with Crippen LogP contribution in [0.2, 0.25) is 0 Å². The van der Waals surface area contributed by atoms with Crippen LogP contribution >= 0.6 is 11.6 Å². The summed E-state index contributed by atoms with van der Waals surface area (Å²) in [5, 5.41) is 8.82. The Labute approximate surface area is 88.1 Å². The highest BCUT2D eigenvalue weighted by molar-refractivity contribution is 6.19. The molecule has 0 amide bonds. The zero-order valence-electron chi connectivity index (χ0n) is 7.88. The molecular weight excluding hydrogens is 198 g/mol. The summed E-state index contributed by atoms with van der Waals surface area (Å²) in [6.07, 6.45) is 0.277. The predicted octanol–water partition coefficient (Wildman–Crippen LogP) is 2.68. The maximum absolute atomic E-state index is 11.5. The van der Waals surface area contributed by atoms with Crippen LogP contribution in [0.4, 0.5) is 0 Å². The molecule has 0 spiro atoms.